The number of halogens is 1. The monoisotopic (exact) mass is 273 g/mol. The fourth-order valence-electron chi connectivity index (χ4n) is 2.07. The van der Waals surface area contributed by atoms with Crippen LogP contribution in [0, 0.1) is 6.92 Å². The van der Waals surface area contributed by atoms with E-state index in [1.54, 1.807) is 11.8 Å². The SMILES string of the molecule is CCCNC(CCc1c(C)nn(C)c1Cl)COC. The number of nitrogens with one attached hydrogen (secondary N) is 1. The Morgan fingerprint density at radius 3 is 2.72 bits per heavy atom. The molecule has 0 radical (unpaired) electrons. The number of rotatable bonds is 8. The van der Waals surface area contributed by atoms with Crippen LogP contribution in [0.2, 0.25) is 5.15 Å². The van der Waals surface area contributed by atoms with Crippen LogP contribution >= 0.6 is 11.6 Å². The fourth-order valence-corrected chi connectivity index (χ4v) is 2.34. The highest BCUT2D eigenvalue weighted by Gasteiger charge is 2.14. The summed E-state index contributed by atoms with van der Waals surface area (Å²) in [4.78, 5) is 0. The van der Waals surface area contributed by atoms with Gasteiger partial charge in [0.1, 0.15) is 5.15 Å². The van der Waals surface area contributed by atoms with Gasteiger partial charge in [0.2, 0.25) is 0 Å². The van der Waals surface area contributed by atoms with E-state index in [2.05, 4.69) is 17.3 Å². The molecule has 1 aromatic rings. The van der Waals surface area contributed by atoms with Gasteiger partial charge in [-0.1, -0.05) is 18.5 Å². The molecule has 0 spiro atoms. The van der Waals surface area contributed by atoms with Crippen molar-refractivity contribution < 1.29 is 4.74 Å². The van der Waals surface area contributed by atoms with Gasteiger partial charge in [0.05, 0.1) is 12.3 Å². The summed E-state index contributed by atoms with van der Waals surface area (Å²) in [6.45, 7) is 5.93. The molecule has 18 heavy (non-hydrogen) atoms. The molecule has 0 aliphatic carbocycles. The molecule has 0 aromatic carbocycles. The van der Waals surface area contributed by atoms with Gasteiger partial charge in [-0.3, -0.25) is 4.68 Å². The summed E-state index contributed by atoms with van der Waals surface area (Å²) < 4.78 is 6.97. The molecule has 1 unspecified atom stereocenters. The molecule has 0 amide bonds. The molecule has 0 aliphatic rings. The first-order chi connectivity index (χ1) is 8.60. The van der Waals surface area contributed by atoms with E-state index in [-0.39, 0.29) is 0 Å². The van der Waals surface area contributed by atoms with E-state index in [0.29, 0.717) is 6.04 Å². The van der Waals surface area contributed by atoms with E-state index < -0.39 is 0 Å². The van der Waals surface area contributed by atoms with Gasteiger partial charge >= 0.3 is 0 Å². The highest BCUT2D eigenvalue weighted by atomic mass is 35.5. The lowest BCUT2D eigenvalue weighted by Gasteiger charge is -2.17. The van der Waals surface area contributed by atoms with Gasteiger partial charge in [-0.05, 0) is 32.7 Å². The minimum absolute atomic E-state index is 0.380. The molecule has 104 valence electrons. The van der Waals surface area contributed by atoms with Crippen molar-refractivity contribution in [2.75, 3.05) is 20.3 Å². The van der Waals surface area contributed by atoms with Crippen molar-refractivity contribution in [1.29, 1.82) is 0 Å². The van der Waals surface area contributed by atoms with Gasteiger partial charge in [0.25, 0.3) is 0 Å². The zero-order valence-electron chi connectivity index (χ0n) is 11.8. The average Bonchev–Trinajstić information content (AvgIpc) is 2.58. The van der Waals surface area contributed by atoms with Crippen LogP contribution in [0.1, 0.15) is 31.0 Å². The lowest BCUT2D eigenvalue weighted by Crippen LogP contribution is -2.34. The second kappa shape index (κ2) is 7.77. The number of ether oxygens (including phenoxy) is 1. The van der Waals surface area contributed by atoms with Crippen LogP contribution in [0.3, 0.4) is 0 Å². The first-order valence-electron chi connectivity index (χ1n) is 6.50. The summed E-state index contributed by atoms with van der Waals surface area (Å²) >= 11 is 6.23. The lowest BCUT2D eigenvalue weighted by atomic mass is 10.1. The molecule has 1 rings (SSSR count). The van der Waals surface area contributed by atoms with Crippen molar-refractivity contribution in [3.05, 3.63) is 16.4 Å². The Morgan fingerprint density at radius 2 is 2.22 bits per heavy atom. The Morgan fingerprint density at radius 1 is 1.50 bits per heavy atom. The van der Waals surface area contributed by atoms with Crippen LogP contribution in [0.5, 0.6) is 0 Å². The van der Waals surface area contributed by atoms with Crippen LogP contribution in [0.15, 0.2) is 0 Å². The van der Waals surface area contributed by atoms with Crippen LogP contribution < -0.4 is 5.32 Å². The zero-order chi connectivity index (χ0) is 13.5. The molecule has 1 heterocycles. The number of nitrogens with zero attached hydrogens (tertiary/aromatic N) is 2. The molecule has 0 aliphatic heterocycles. The molecule has 5 heteroatoms. The molecule has 0 saturated heterocycles. The summed E-state index contributed by atoms with van der Waals surface area (Å²) in [5, 5.41) is 8.57. The summed E-state index contributed by atoms with van der Waals surface area (Å²) in [5.41, 5.74) is 2.17. The Balaban J connectivity index is 2.55. The van der Waals surface area contributed by atoms with Crippen LogP contribution in [0.25, 0.3) is 0 Å². The van der Waals surface area contributed by atoms with E-state index in [1.807, 2.05) is 14.0 Å². The number of aromatic nitrogens is 2. The molecule has 0 saturated carbocycles. The molecule has 1 aromatic heterocycles. The maximum atomic E-state index is 6.23. The third-order valence-corrected chi connectivity index (χ3v) is 3.54. The summed E-state index contributed by atoms with van der Waals surface area (Å²) in [7, 11) is 3.61. The summed E-state index contributed by atoms with van der Waals surface area (Å²) in [5.74, 6) is 0. The van der Waals surface area contributed by atoms with Gasteiger partial charge in [-0.15, -0.1) is 0 Å². The normalized spacial score (nSPS) is 12.9. The molecular weight excluding hydrogens is 250 g/mol. The minimum Gasteiger partial charge on any atom is -0.383 e. The van der Waals surface area contributed by atoms with E-state index in [1.165, 1.54) is 0 Å². The first kappa shape index (κ1) is 15.5. The Bertz CT molecular complexity index is 365. The van der Waals surface area contributed by atoms with Crippen molar-refractivity contribution in [3.8, 4) is 0 Å². The van der Waals surface area contributed by atoms with E-state index in [9.17, 15) is 0 Å². The number of aryl methyl sites for hydroxylation is 2. The summed E-state index contributed by atoms with van der Waals surface area (Å²) in [6.07, 6.45) is 3.08. The third-order valence-electron chi connectivity index (χ3n) is 3.06. The van der Waals surface area contributed by atoms with Gasteiger partial charge in [-0.2, -0.15) is 5.10 Å². The van der Waals surface area contributed by atoms with E-state index >= 15 is 0 Å². The topological polar surface area (TPSA) is 39.1 Å². The quantitative estimate of drug-likeness (QED) is 0.790. The maximum Gasteiger partial charge on any atom is 0.130 e. The van der Waals surface area contributed by atoms with Crippen LogP contribution in [0.4, 0.5) is 0 Å². The van der Waals surface area contributed by atoms with Gasteiger partial charge < -0.3 is 10.1 Å². The van der Waals surface area contributed by atoms with Crippen LogP contribution in [-0.2, 0) is 18.2 Å². The fraction of sp³-hybridized carbons (Fsp3) is 0.769. The largest absolute Gasteiger partial charge is 0.383 e. The summed E-state index contributed by atoms with van der Waals surface area (Å²) in [6, 6.07) is 0.380. The highest BCUT2D eigenvalue weighted by molar-refractivity contribution is 6.30. The number of methoxy groups -OCH3 is 1. The molecular formula is C13H24ClN3O. The second-order valence-corrected chi connectivity index (χ2v) is 4.98. The highest BCUT2D eigenvalue weighted by Crippen LogP contribution is 2.20. The molecule has 1 atom stereocenters. The molecule has 1 N–H and O–H groups in total. The van der Waals surface area contributed by atoms with Gasteiger partial charge in [0.15, 0.2) is 0 Å². The Labute approximate surface area is 115 Å². The van der Waals surface area contributed by atoms with E-state index in [0.717, 1.165) is 48.8 Å². The average molecular weight is 274 g/mol. The smallest absolute Gasteiger partial charge is 0.130 e. The van der Waals surface area contributed by atoms with Crippen molar-refractivity contribution in [2.24, 2.45) is 7.05 Å². The predicted molar refractivity (Wildman–Crippen MR) is 75.2 cm³/mol. The van der Waals surface area contributed by atoms with Crippen molar-refractivity contribution in [2.45, 2.75) is 39.2 Å². The van der Waals surface area contributed by atoms with Crippen molar-refractivity contribution >= 4 is 11.6 Å². The first-order valence-corrected chi connectivity index (χ1v) is 6.88. The Kier molecular flexibility index (Phi) is 6.68. The minimum atomic E-state index is 0.380. The molecule has 0 bridgehead atoms. The predicted octanol–water partition coefficient (Wildman–Crippen LogP) is 2.33. The zero-order valence-corrected chi connectivity index (χ0v) is 12.5. The standard InChI is InChI=1S/C13H24ClN3O/c1-5-8-15-11(9-18-4)6-7-12-10(2)16-17(3)13(12)14/h11,15H,5-9H2,1-4H3. The Hall–Kier alpha value is -0.580. The van der Waals surface area contributed by atoms with Crippen molar-refractivity contribution in [3.63, 3.8) is 0 Å². The third kappa shape index (κ3) is 4.26. The molecule has 4 nitrogen and oxygen atoms in total. The van der Waals surface area contributed by atoms with Crippen molar-refractivity contribution in [1.82, 2.24) is 15.1 Å². The number of hydrogen-bond acceptors (Lipinski definition) is 3. The number of hydrogen-bond donors (Lipinski definition) is 1. The second-order valence-electron chi connectivity index (χ2n) is 4.62. The maximum absolute atomic E-state index is 6.23. The lowest BCUT2D eigenvalue weighted by molar-refractivity contribution is 0.162. The van der Waals surface area contributed by atoms with Crippen LogP contribution in [-0.4, -0.2) is 36.1 Å². The van der Waals surface area contributed by atoms with E-state index in [4.69, 9.17) is 16.3 Å². The van der Waals surface area contributed by atoms with Gasteiger partial charge in [-0.25, -0.2) is 0 Å². The molecule has 0 fully saturated rings. The van der Waals surface area contributed by atoms with Gasteiger partial charge in [0, 0.05) is 25.8 Å².